The monoisotopic (exact) mass is 143 g/mol. The summed E-state index contributed by atoms with van der Waals surface area (Å²) >= 11 is 0. The zero-order valence-electron chi connectivity index (χ0n) is 5.03. The standard InChI is InChI=1S/C5H5NO4/c7-3-1-4(8)6(3)2-5(9)10/h1-2H2,(H,9,10). The Morgan fingerprint density at radius 3 is 2.20 bits per heavy atom. The van der Waals surface area contributed by atoms with E-state index in [9.17, 15) is 14.4 Å². The van der Waals surface area contributed by atoms with Gasteiger partial charge >= 0.3 is 5.97 Å². The van der Waals surface area contributed by atoms with Gasteiger partial charge in [0.25, 0.3) is 0 Å². The molecular weight excluding hydrogens is 138 g/mol. The minimum atomic E-state index is -1.17. The molecule has 0 aromatic heterocycles. The van der Waals surface area contributed by atoms with Crippen molar-refractivity contribution in [3.8, 4) is 0 Å². The Hall–Kier alpha value is -1.39. The van der Waals surface area contributed by atoms with Crippen molar-refractivity contribution < 1.29 is 19.5 Å². The molecule has 0 aliphatic carbocycles. The molecule has 1 aliphatic heterocycles. The lowest BCUT2D eigenvalue weighted by atomic mass is 10.2. The number of rotatable bonds is 2. The van der Waals surface area contributed by atoms with Crippen LogP contribution in [0.1, 0.15) is 6.42 Å². The van der Waals surface area contributed by atoms with Crippen LogP contribution in [0.15, 0.2) is 0 Å². The fourth-order valence-electron chi connectivity index (χ4n) is 0.680. The zero-order valence-corrected chi connectivity index (χ0v) is 5.03. The molecule has 1 aliphatic rings. The highest BCUT2D eigenvalue weighted by Gasteiger charge is 2.35. The number of β-lactam (4-membered cyclic amide) rings is 2. The lowest BCUT2D eigenvalue weighted by molar-refractivity contribution is -0.162. The van der Waals surface area contributed by atoms with Crippen LogP contribution in [0.5, 0.6) is 0 Å². The third-order valence-corrected chi connectivity index (χ3v) is 1.20. The van der Waals surface area contributed by atoms with Gasteiger partial charge in [0.1, 0.15) is 13.0 Å². The molecule has 1 fully saturated rings. The molecule has 1 heterocycles. The van der Waals surface area contributed by atoms with Gasteiger partial charge in [-0.2, -0.15) is 0 Å². The largest absolute Gasteiger partial charge is 0.480 e. The number of carbonyl (C=O) groups is 3. The van der Waals surface area contributed by atoms with Gasteiger partial charge in [-0.25, -0.2) is 0 Å². The Bertz CT molecular complexity index is 196. The van der Waals surface area contributed by atoms with Crippen LogP contribution in [-0.4, -0.2) is 34.3 Å². The smallest absolute Gasteiger partial charge is 0.323 e. The van der Waals surface area contributed by atoms with E-state index in [1.54, 1.807) is 0 Å². The van der Waals surface area contributed by atoms with Gasteiger partial charge in [0, 0.05) is 0 Å². The average Bonchev–Trinajstić information content (AvgIpc) is 1.84. The van der Waals surface area contributed by atoms with Crippen molar-refractivity contribution in [3.05, 3.63) is 0 Å². The highest BCUT2D eigenvalue weighted by molar-refractivity contribution is 6.16. The predicted octanol–water partition coefficient (Wildman–Crippen LogP) is -1.17. The number of nitrogens with zero attached hydrogens (tertiary/aromatic N) is 1. The van der Waals surface area contributed by atoms with Crippen molar-refractivity contribution >= 4 is 17.8 Å². The van der Waals surface area contributed by atoms with Crippen molar-refractivity contribution in [3.63, 3.8) is 0 Å². The second kappa shape index (κ2) is 2.09. The summed E-state index contributed by atoms with van der Waals surface area (Å²) in [6, 6.07) is 0. The van der Waals surface area contributed by atoms with Gasteiger partial charge in [0.05, 0.1) is 0 Å². The second-order valence-electron chi connectivity index (χ2n) is 1.94. The van der Waals surface area contributed by atoms with E-state index < -0.39 is 24.3 Å². The molecule has 1 saturated heterocycles. The minimum Gasteiger partial charge on any atom is -0.480 e. The molecule has 0 unspecified atom stereocenters. The van der Waals surface area contributed by atoms with Gasteiger partial charge in [-0.1, -0.05) is 0 Å². The van der Waals surface area contributed by atoms with Gasteiger partial charge in [-0.15, -0.1) is 0 Å². The van der Waals surface area contributed by atoms with Crippen LogP contribution in [0.2, 0.25) is 0 Å². The van der Waals surface area contributed by atoms with Crippen LogP contribution in [0.25, 0.3) is 0 Å². The summed E-state index contributed by atoms with van der Waals surface area (Å²) in [6.45, 7) is -0.502. The molecule has 5 nitrogen and oxygen atoms in total. The van der Waals surface area contributed by atoms with E-state index in [1.807, 2.05) is 0 Å². The van der Waals surface area contributed by atoms with E-state index >= 15 is 0 Å². The van der Waals surface area contributed by atoms with Crippen LogP contribution in [-0.2, 0) is 14.4 Å². The molecule has 1 rings (SSSR count). The molecule has 0 aromatic carbocycles. The summed E-state index contributed by atoms with van der Waals surface area (Å²) in [5.74, 6) is -1.98. The summed E-state index contributed by atoms with van der Waals surface area (Å²) in [5, 5.41) is 8.14. The molecule has 0 radical (unpaired) electrons. The van der Waals surface area contributed by atoms with Crippen molar-refractivity contribution in [2.45, 2.75) is 6.42 Å². The third kappa shape index (κ3) is 0.975. The lowest BCUT2D eigenvalue weighted by Crippen LogP contribution is -2.50. The molecule has 0 bridgehead atoms. The van der Waals surface area contributed by atoms with Crippen LogP contribution in [0, 0.1) is 0 Å². The van der Waals surface area contributed by atoms with Crippen molar-refractivity contribution in [2.24, 2.45) is 0 Å². The van der Waals surface area contributed by atoms with E-state index in [2.05, 4.69) is 0 Å². The van der Waals surface area contributed by atoms with Gasteiger partial charge in [-0.05, 0) is 0 Å². The molecule has 1 N–H and O–H groups in total. The Balaban J connectivity index is 2.48. The average molecular weight is 143 g/mol. The normalized spacial score (nSPS) is 17.0. The third-order valence-electron chi connectivity index (χ3n) is 1.20. The molecular formula is C5H5NO4. The number of aliphatic carboxylic acids is 1. The molecule has 2 amide bonds. The van der Waals surface area contributed by atoms with Gasteiger partial charge in [0.2, 0.25) is 11.8 Å². The first-order valence-electron chi connectivity index (χ1n) is 2.66. The SMILES string of the molecule is O=C(O)CN1C(=O)CC1=O. The Morgan fingerprint density at radius 1 is 1.50 bits per heavy atom. The Labute approximate surface area is 56.2 Å². The van der Waals surface area contributed by atoms with Crippen LogP contribution < -0.4 is 0 Å². The van der Waals surface area contributed by atoms with E-state index in [1.165, 1.54) is 0 Å². The van der Waals surface area contributed by atoms with Gasteiger partial charge < -0.3 is 5.11 Å². The number of likely N-dealkylation sites (tertiary alicyclic amines) is 1. The minimum absolute atomic E-state index is 0.146. The summed E-state index contributed by atoms with van der Waals surface area (Å²) in [4.78, 5) is 31.5. The number of hydrogen-bond donors (Lipinski definition) is 1. The number of amides is 2. The maximum atomic E-state index is 10.4. The summed E-state index contributed by atoms with van der Waals surface area (Å²) < 4.78 is 0. The second-order valence-corrected chi connectivity index (χ2v) is 1.94. The Kier molecular flexibility index (Phi) is 1.41. The van der Waals surface area contributed by atoms with Gasteiger partial charge in [0.15, 0.2) is 0 Å². The Morgan fingerprint density at radius 2 is 2.00 bits per heavy atom. The lowest BCUT2D eigenvalue weighted by Gasteiger charge is -2.25. The first-order valence-corrected chi connectivity index (χ1v) is 2.66. The van der Waals surface area contributed by atoms with E-state index in [0.29, 0.717) is 4.90 Å². The summed E-state index contributed by atoms with van der Waals surface area (Å²) in [5.41, 5.74) is 0. The highest BCUT2D eigenvalue weighted by atomic mass is 16.4. The molecule has 54 valence electrons. The number of imide groups is 1. The van der Waals surface area contributed by atoms with E-state index in [0.717, 1.165) is 0 Å². The van der Waals surface area contributed by atoms with Crippen molar-refractivity contribution in [2.75, 3.05) is 6.54 Å². The quantitative estimate of drug-likeness (QED) is 0.390. The molecule has 0 aromatic rings. The van der Waals surface area contributed by atoms with E-state index in [4.69, 9.17) is 5.11 Å². The molecule has 5 heteroatoms. The van der Waals surface area contributed by atoms with Crippen LogP contribution in [0.4, 0.5) is 0 Å². The van der Waals surface area contributed by atoms with Crippen LogP contribution >= 0.6 is 0 Å². The fourth-order valence-corrected chi connectivity index (χ4v) is 0.680. The first kappa shape index (κ1) is 6.73. The maximum absolute atomic E-state index is 10.4. The first-order chi connectivity index (χ1) is 4.61. The number of carboxylic acids is 1. The molecule has 0 saturated carbocycles. The summed E-state index contributed by atoms with van der Waals surface area (Å²) in [6.07, 6.45) is -0.146. The van der Waals surface area contributed by atoms with Crippen molar-refractivity contribution in [1.82, 2.24) is 4.90 Å². The van der Waals surface area contributed by atoms with Gasteiger partial charge in [-0.3, -0.25) is 19.3 Å². The highest BCUT2D eigenvalue weighted by Crippen LogP contribution is 2.09. The predicted molar refractivity (Wildman–Crippen MR) is 29.0 cm³/mol. The van der Waals surface area contributed by atoms with Crippen molar-refractivity contribution in [1.29, 1.82) is 0 Å². The van der Waals surface area contributed by atoms with Crippen LogP contribution in [0.3, 0.4) is 0 Å². The number of hydrogen-bond acceptors (Lipinski definition) is 3. The zero-order chi connectivity index (χ0) is 7.72. The molecule has 0 spiro atoms. The fraction of sp³-hybridized carbons (Fsp3) is 0.400. The molecule has 0 atom stereocenters. The molecule has 10 heavy (non-hydrogen) atoms. The maximum Gasteiger partial charge on any atom is 0.323 e. The van der Waals surface area contributed by atoms with E-state index in [-0.39, 0.29) is 6.42 Å². The summed E-state index contributed by atoms with van der Waals surface area (Å²) in [7, 11) is 0. The number of carbonyl (C=O) groups excluding carboxylic acids is 2. The number of carboxylic acid groups (broad SMARTS) is 1. The topological polar surface area (TPSA) is 74.7 Å².